The Kier molecular flexibility index (Phi) is 4.80. The van der Waals surface area contributed by atoms with Crippen LogP contribution in [0.4, 0.5) is 4.79 Å². The summed E-state index contributed by atoms with van der Waals surface area (Å²) in [6, 6.07) is 7.34. The third-order valence-electron chi connectivity index (χ3n) is 4.78. The van der Waals surface area contributed by atoms with Gasteiger partial charge in [-0.05, 0) is 24.5 Å². The van der Waals surface area contributed by atoms with Crippen LogP contribution in [0.15, 0.2) is 28.8 Å². The van der Waals surface area contributed by atoms with E-state index in [-0.39, 0.29) is 23.8 Å². The first kappa shape index (κ1) is 19.1. The number of nitrogens with zero attached hydrogens (tertiary/aromatic N) is 3. The zero-order chi connectivity index (χ0) is 19.8. The second-order valence-corrected chi connectivity index (χ2v) is 8.16. The van der Waals surface area contributed by atoms with Gasteiger partial charge in [-0.15, -0.1) is 0 Å². The molecule has 1 saturated heterocycles. The van der Waals surface area contributed by atoms with Crippen LogP contribution in [0.1, 0.15) is 63.9 Å². The Morgan fingerprint density at radius 3 is 2.41 bits per heavy atom. The van der Waals surface area contributed by atoms with Gasteiger partial charge >= 0.3 is 6.03 Å². The van der Waals surface area contributed by atoms with Crippen molar-refractivity contribution in [1.29, 1.82) is 0 Å². The lowest BCUT2D eigenvalue weighted by Gasteiger charge is -2.22. The van der Waals surface area contributed by atoms with Crippen LogP contribution in [0.25, 0.3) is 0 Å². The summed E-state index contributed by atoms with van der Waals surface area (Å²) >= 11 is 0. The Morgan fingerprint density at radius 1 is 1.19 bits per heavy atom. The van der Waals surface area contributed by atoms with E-state index in [9.17, 15) is 9.59 Å². The van der Waals surface area contributed by atoms with Crippen molar-refractivity contribution in [3.05, 3.63) is 47.1 Å². The molecule has 2 aromatic rings. The van der Waals surface area contributed by atoms with Gasteiger partial charge in [0.2, 0.25) is 5.89 Å². The maximum absolute atomic E-state index is 13.0. The molecule has 1 aliphatic heterocycles. The van der Waals surface area contributed by atoms with Gasteiger partial charge in [0.05, 0.1) is 0 Å². The molecule has 0 aliphatic carbocycles. The van der Waals surface area contributed by atoms with Crippen molar-refractivity contribution in [3.8, 4) is 0 Å². The lowest BCUT2D eigenvalue weighted by atomic mass is 9.91. The number of carbonyl (C=O) groups excluding carboxylic acids is 2. The number of rotatable bonds is 5. The molecular formula is C20H26N4O3. The molecule has 1 aromatic heterocycles. The molecule has 7 heteroatoms. The monoisotopic (exact) mass is 370 g/mol. The van der Waals surface area contributed by atoms with Crippen molar-refractivity contribution in [2.75, 3.05) is 0 Å². The second-order valence-electron chi connectivity index (χ2n) is 8.16. The smallest absolute Gasteiger partial charge is 0.325 e. The number of carbonyl (C=O) groups is 2. The number of nitrogens with one attached hydrogen (secondary N) is 1. The van der Waals surface area contributed by atoms with Gasteiger partial charge in [-0.1, -0.05) is 63.5 Å². The number of benzene rings is 1. The lowest BCUT2D eigenvalue weighted by Crippen LogP contribution is -2.40. The normalized spacial score (nSPS) is 20.3. The van der Waals surface area contributed by atoms with E-state index in [1.807, 2.05) is 45.0 Å². The highest BCUT2D eigenvalue weighted by molar-refractivity contribution is 6.07. The molecule has 2 heterocycles. The summed E-state index contributed by atoms with van der Waals surface area (Å²) in [5.41, 5.74) is 0.589. The fraction of sp³-hybridized carbons (Fsp3) is 0.500. The molecule has 1 atom stereocenters. The molecule has 0 bridgehead atoms. The SMILES string of the molecule is CCCc1ccc(C2(C)NC(=O)N(Cc3nc(C(C)(C)C)no3)C2=O)cc1. The Balaban J connectivity index is 1.80. The van der Waals surface area contributed by atoms with E-state index in [0.717, 1.165) is 23.3 Å². The minimum atomic E-state index is -1.10. The van der Waals surface area contributed by atoms with Gasteiger partial charge in [0.25, 0.3) is 5.91 Å². The van der Waals surface area contributed by atoms with E-state index < -0.39 is 11.6 Å². The summed E-state index contributed by atoms with van der Waals surface area (Å²) < 4.78 is 5.23. The van der Waals surface area contributed by atoms with Crippen molar-refractivity contribution >= 4 is 11.9 Å². The van der Waals surface area contributed by atoms with Crippen LogP contribution in [0.2, 0.25) is 0 Å². The lowest BCUT2D eigenvalue weighted by molar-refractivity contribution is -0.131. The first-order chi connectivity index (χ1) is 12.6. The van der Waals surface area contributed by atoms with Crippen LogP contribution in [0.5, 0.6) is 0 Å². The zero-order valence-electron chi connectivity index (χ0n) is 16.5. The maximum Gasteiger partial charge on any atom is 0.325 e. The van der Waals surface area contributed by atoms with Gasteiger partial charge in [0, 0.05) is 5.41 Å². The van der Waals surface area contributed by atoms with E-state index in [1.54, 1.807) is 6.92 Å². The quantitative estimate of drug-likeness (QED) is 0.816. The molecule has 1 aliphatic rings. The Labute approximate surface area is 159 Å². The van der Waals surface area contributed by atoms with Crippen molar-refractivity contribution in [1.82, 2.24) is 20.4 Å². The molecular weight excluding hydrogens is 344 g/mol. The van der Waals surface area contributed by atoms with Crippen molar-refractivity contribution < 1.29 is 14.1 Å². The third-order valence-corrected chi connectivity index (χ3v) is 4.78. The Morgan fingerprint density at radius 2 is 1.85 bits per heavy atom. The summed E-state index contributed by atoms with van der Waals surface area (Å²) in [6.45, 7) is 9.70. The van der Waals surface area contributed by atoms with E-state index in [0.29, 0.717) is 5.82 Å². The number of aromatic nitrogens is 2. The molecule has 1 unspecified atom stereocenters. The standard InChI is InChI=1S/C20H26N4O3/c1-6-7-13-8-10-14(11-9-13)20(5)17(25)24(18(26)22-20)12-15-21-16(23-27-15)19(2,3)4/h8-11H,6-7,12H2,1-5H3,(H,22,26). The molecule has 0 radical (unpaired) electrons. The topological polar surface area (TPSA) is 88.3 Å². The molecule has 3 amide bonds. The first-order valence-electron chi connectivity index (χ1n) is 9.21. The zero-order valence-corrected chi connectivity index (χ0v) is 16.5. The number of urea groups is 1. The molecule has 1 aromatic carbocycles. The van der Waals surface area contributed by atoms with Crippen LogP contribution in [0.3, 0.4) is 0 Å². The largest absolute Gasteiger partial charge is 0.337 e. The highest BCUT2D eigenvalue weighted by Gasteiger charge is 2.49. The van der Waals surface area contributed by atoms with Gasteiger partial charge in [0.15, 0.2) is 5.82 Å². The second kappa shape index (κ2) is 6.79. The van der Waals surface area contributed by atoms with Crippen molar-refractivity contribution in [2.24, 2.45) is 0 Å². The van der Waals surface area contributed by atoms with Crippen molar-refractivity contribution in [2.45, 2.75) is 65.0 Å². The van der Waals surface area contributed by atoms with E-state index in [2.05, 4.69) is 22.4 Å². The van der Waals surface area contributed by atoms with E-state index in [4.69, 9.17) is 4.52 Å². The summed E-state index contributed by atoms with van der Waals surface area (Å²) in [5, 5.41) is 6.75. The fourth-order valence-electron chi connectivity index (χ4n) is 3.09. The number of hydrogen-bond donors (Lipinski definition) is 1. The predicted molar refractivity (Wildman–Crippen MR) is 99.9 cm³/mol. The number of aryl methyl sites for hydroxylation is 1. The molecule has 7 nitrogen and oxygen atoms in total. The van der Waals surface area contributed by atoms with Crippen molar-refractivity contribution in [3.63, 3.8) is 0 Å². The van der Waals surface area contributed by atoms with Crippen LogP contribution in [-0.4, -0.2) is 27.0 Å². The predicted octanol–water partition coefficient (Wildman–Crippen LogP) is 3.29. The number of hydrogen-bond acceptors (Lipinski definition) is 5. The summed E-state index contributed by atoms with van der Waals surface area (Å²) in [6.07, 6.45) is 2.04. The van der Waals surface area contributed by atoms with Gasteiger partial charge in [-0.25, -0.2) is 4.79 Å². The molecule has 144 valence electrons. The number of imide groups is 1. The Bertz CT molecular complexity index is 851. The maximum atomic E-state index is 13.0. The van der Waals surface area contributed by atoms with Gasteiger partial charge in [-0.2, -0.15) is 4.98 Å². The highest BCUT2D eigenvalue weighted by Crippen LogP contribution is 2.30. The van der Waals surface area contributed by atoms with Gasteiger partial charge < -0.3 is 9.84 Å². The van der Waals surface area contributed by atoms with Crippen LogP contribution in [-0.2, 0) is 28.7 Å². The first-order valence-corrected chi connectivity index (χ1v) is 9.21. The van der Waals surface area contributed by atoms with Crippen LogP contribution < -0.4 is 5.32 Å². The van der Waals surface area contributed by atoms with E-state index in [1.165, 1.54) is 5.56 Å². The third kappa shape index (κ3) is 3.59. The molecule has 1 fully saturated rings. The minimum Gasteiger partial charge on any atom is -0.337 e. The summed E-state index contributed by atoms with van der Waals surface area (Å²) in [4.78, 5) is 30.9. The number of amides is 3. The summed E-state index contributed by atoms with van der Waals surface area (Å²) in [7, 11) is 0. The average molecular weight is 370 g/mol. The average Bonchev–Trinajstić information content (AvgIpc) is 3.16. The van der Waals surface area contributed by atoms with Crippen LogP contribution >= 0.6 is 0 Å². The molecule has 3 rings (SSSR count). The van der Waals surface area contributed by atoms with Gasteiger partial charge in [0.1, 0.15) is 12.1 Å². The van der Waals surface area contributed by atoms with Gasteiger partial charge in [-0.3, -0.25) is 9.69 Å². The Hall–Kier alpha value is -2.70. The molecule has 27 heavy (non-hydrogen) atoms. The summed E-state index contributed by atoms with van der Waals surface area (Å²) in [5.74, 6) is 0.455. The van der Waals surface area contributed by atoms with Crippen LogP contribution in [0, 0.1) is 0 Å². The van der Waals surface area contributed by atoms with E-state index >= 15 is 0 Å². The molecule has 0 spiro atoms. The highest BCUT2D eigenvalue weighted by atomic mass is 16.5. The molecule has 1 N–H and O–H groups in total. The molecule has 0 saturated carbocycles. The fourth-order valence-corrected chi connectivity index (χ4v) is 3.09. The minimum absolute atomic E-state index is 0.0444.